The zero-order chi connectivity index (χ0) is 17.6. The Labute approximate surface area is 138 Å². The van der Waals surface area contributed by atoms with Gasteiger partial charge in [0.05, 0.1) is 13.2 Å². The quantitative estimate of drug-likeness (QED) is 0.854. The Bertz CT molecular complexity index is 534. The molecule has 0 bridgehead atoms. The van der Waals surface area contributed by atoms with Crippen molar-refractivity contribution >= 4 is 11.7 Å². The Morgan fingerprint density at radius 2 is 1.96 bits per heavy atom. The molecule has 0 heterocycles. The van der Waals surface area contributed by atoms with Gasteiger partial charge < -0.3 is 20.1 Å². The van der Waals surface area contributed by atoms with E-state index in [1.165, 1.54) is 0 Å². The van der Waals surface area contributed by atoms with Gasteiger partial charge in [-0.15, -0.1) is 0 Å². The molecule has 8 heteroatoms. The van der Waals surface area contributed by atoms with Gasteiger partial charge in [-0.05, 0) is 49.9 Å². The molecule has 0 saturated heterocycles. The number of alkyl halides is 3. The molecule has 0 aliphatic heterocycles. The number of anilines is 1. The van der Waals surface area contributed by atoms with Crippen molar-refractivity contribution in [1.29, 1.82) is 0 Å². The van der Waals surface area contributed by atoms with E-state index in [9.17, 15) is 18.0 Å². The van der Waals surface area contributed by atoms with Crippen molar-refractivity contribution in [2.24, 2.45) is 0 Å². The van der Waals surface area contributed by atoms with E-state index in [1.807, 2.05) is 0 Å². The van der Waals surface area contributed by atoms with Gasteiger partial charge >= 0.3 is 12.2 Å². The number of ether oxygens (including phenoxy) is 2. The summed E-state index contributed by atoms with van der Waals surface area (Å²) in [4.78, 5) is 12.0. The number of nitrogens with one attached hydrogen (secondary N) is 2. The first-order valence-electron chi connectivity index (χ1n) is 7.75. The van der Waals surface area contributed by atoms with Crippen molar-refractivity contribution in [3.63, 3.8) is 0 Å². The number of rotatable bonds is 5. The molecule has 2 amide bonds. The fourth-order valence-corrected chi connectivity index (χ4v) is 2.67. The fourth-order valence-electron chi connectivity index (χ4n) is 2.67. The predicted octanol–water partition coefficient (Wildman–Crippen LogP) is 3.71. The van der Waals surface area contributed by atoms with Crippen LogP contribution in [0, 0.1) is 0 Å². The minimum atomic E-state index is -4.33. The summed E-state index contributed by atoms with van der Waals surface area (Å²) in [7, 11) is 1.55. The maximum atomic E-state index is 12.2. The maximum Gasteiger partial charge on any atom is 0.411 e. The predicted molar refractivity (Wildman–Crippen MR) is 83.2 cm³/mol. The molecule has 0 aromatic heterocycles. The second kappa shape index (κ2) is 8.23. The maximum absolute atomic E-state index is 12.2. The van der Waals surface area contributed by atoms with E-state index < -0.39 is 18.9 Å². The number of hydrogen-bond acceptors (Lipinski definition) is 3. The number of carbonyl (C=O) groups excluding carboxylic acids is 1. The van der Waals surface area contributed by atoms with Crippen molar-refractivity contribution in [3.8, 4) is 5.75 Å². The molecule has 134 valence electrons. The summed E-state index contributed by atoms with van der Waals surface area (Å²) >= 11 is 0. The molecular weight excluding hydrogens is 325 g/mol. The molecule has 1 aromatic rings. The van der Waals surface area contributed by atoms with Crippen LogP contribution >= 0.6 is 0 Å². The Kier molecular flexibility index (Phi) is 6.30. The smallest absolute Gasteiger partial charge is 0.411 e. The minimum Gasteiger partial charge on any atom is -0.497 e. The summed E-state index contributed by atoms with van der Waals surface area (Å²) in [5.41, 5.74) is 0.606. The first-order chi connectivity index (χ1) is 11.4. The monoisotopic (exact) mass is 346 g/mol. The van der Waals surface area contributed by atoms with Gasteiger partial charge in [-0.3, -0.25) is 0 Å². The average molecular weight is 346 g/mol. The van der Waals surface area contributed by atoms with Gasteiger partial charge in [-0.2, -0.15) is 13.2 Å². The van der Waals surface area contributed by atoms with Gasteiger partial charge in [0, 0.05) is 11.7 Å². The second-order valence-corrected chi connectivity index (χ2v) is 5.74. The highest BCUT2D eigenvalue weighted by Gasteiger charge is 2.31. The summed E-state index contributed by atoms with van der Waals surface area (Å²) in [6, 6.07) is 6.26. The van der Waals surface area contributed by atoms with Crippen molar-refractivity contribution in [1.82, 2.24) is 5.32 Å². The number of benzene rings is 1. The lowest BCUT2D eigenvalue weighted by molar-refractivity contribution is -0.188. The molecule has 1 fully saturated rings. The molecule has 0 spiro atoms. The van der Waals surface area contributed by atoms with Crippen LogP contribution in [0.4, 0.5) is 23.7 Å². The van der Waals surface area contributed by atoms with Gasteiger partial charge in [0.15, 0.2) is 0 Å². The number of methoxy groups -OCH3 is 1. The highest BCUT2D eigenvalue weighted by molar-refractivity contribution is 5.89. The summed E-state index contributed by atoms with van der Waals surface area (Å²) in [6.45, 7) is -1.25. The molecule has 2 N–H and O–H groups in total. The molecule has 24 heavy (non-hydrogen) atoms. The normalized spacial score (nSPS) is 21.2. The van der Waals surface area contributed by atoms with Crippen molar-refractivity contribution < 1.29 is 27.4 Å². The molecule has 2 rings (SSSR count). The molecular formula is C16H21F3N2O3. The third-order valence-corrected chi connectivity index (χ3v) is 3.79. The molecule has 1 aliphatic carbocycles. The number of halogens is 3. The van der Waals surface area contributed by atoms with Crippen molar-refractivity contribution in [2.45, 2.75) is 44.0 Å². The fraction of sp³-hybridized carbons (Fsp3) is 0.562. The number of hydrogen-bond donors (Lipinski definition) is 2. The topological polar surface area (TPSA) is 59.6 Å². The van der Waals surface area contributed by atoms with Crippen LogP contribution in [-0.2, 0) is 4.74 Å². The van der Waals surface area contributed by atoms with Crippen LogP contribution < -0.4 is 15.4 Å². The number of carbonyl (C=O) groups is 1. The Hall–Kier alpha value is -1.96. The number of urea groups is 1. The lowest BCUT2D eigenvalue weighted by Crippen LogP contribution is -2.43. The largest absolute Gasteiger partial charge is 0.497 e. The Morgan fingerprint density at radius 3 is 2.58 bits per heavy atom. The lowest BCUT2D eigenvalue weighted by atomic mass is 9.93. The van der Waals surface area contributed by atoms with Gasteiger partial charge in [0.2, 0.25) is 0 Å². The minimum absolute atomic E-state index is 0.199. The molecule has 0 unspecified atom stereocenters. The van der Waals surface area contributed by atoms with Gasteiger partial charge in [-0.1, -0.05) is 0 Å². The standard InChI is InChI=1S/C16H21F3N2O3/c1-23-13-7-5-11(6-8-13)20-15(22)21-12-3-2-4-14(9-12)24-10-16(17,18)19/h5-8,12,14H,2-4,9-10H2,1H3,(H2,20,21,22)/t12-,14+/m0/s1. The van der Waals surface area contributed by atoms with E-state index in [2.05, 4.69) is 10.6 Å². The molecule has 2 atom stereocenters. The van der Waals surface area contributed by atoms with Crippen LogP contribution in [0.3, 0.4) is 0 Å². The van der Waals surface area contributed by atoms with Crippen molar-refractivity contribution in [3.05, 3.63) is 24.3 Å². The third-order valence-electron chi connectivity index (χ3n) is 3.79. The summed E-state index contributed by atoms with van der Waals surface area (Å²) in [5, 5.41) is 5.47. The SMILES string of the molecule is COc1ccc(NC(=O)N[C@H]2CCC[C@@H](OCC(F)(F)F)C2)cc1. The first kappa shape index (κ1) is 18.4. The van der Waals surface area contributed by atoms with E-state index in [1.54, 1.807) is 31.4 Å². The van der Waals surface area contributed by atoms with E-state index in [4.69, 9.17) is 9.47 Å². The highest BCUT2D eigenvalue weighted by Crippen LogP contribution is 2.24. The summed E-state index contributed by atoms with van der Waals surface area (Å²) in [5.74, 6) is 0.679. The first-order valence-corrected chi connectivity index (χ1v) is 7.75. The van der Waals surface area contributed by atoms with E-state index in [0.717, 1.165) is 12.8 Å². The van der Waals surface area contributed by atoms with Crippen molar-refractivity contribution in [2.75, 3.05) is 19.0 Å². The number of amides is 2. The summed E-state index contributed by atoms with van der Waals surface area (Å²) < 4.78 is 46.5. The van der Waals surface area contributed by atoms with Crippen LogP contribution in [0.15, 0.2) is 24.3 Å². The van der Waals surface area contributed by atoms with Crippen LogP contribution in [0.2, 0.25) is 0 Å². The molecule has 5 nitrogen and oxygen atoms in total. The van der Waals surface area contributed by atoms with Crippen LogP contribution in [0.5, 0.6) is 5.75 Å². The zero-order valence-electron chi connectivity index (χ0n) is 13.4. The molecule has 0 radical (unpaired) electrons. The Morgan fingerprint density at radius 1 is 1.25 bits per heavy atom. The molecule has 1 aliphatic rings. The highest BCUT2D eigenvalue weighted by atomic mass is 19.4. The lowest BCUT2D eigenvalue weighted by Gasteiger charge is -2.30. The van der Waals surface area contributed by atoms with Gasteiger partial charge in [-0.25, -0.2) is 4.79 Å². The van der Waals surface area contributed by atoms with Crippen LogP contribution in [-0.4, -0.2) is 38.1 Å². The van der Waals surface area contributed by atoms with Crippen LogP contribution in [0.25, 0.3) is 0 Å². The molecule has 1 aromatic carbocycles. The Balaban J connectivity index is 1.78. The third kappa shape index (κ3) is 6.27. The van der Waals surface area contributed by atoms with E-state index >= 15 is 0 Å². The molecule has 1 saturated carbocycles. The summed E-state index contributed by atoms with van der Waals surface area (Å²) in [6.07, 6.45) is -2.41. The van der Waals surface area contributed by atoms with E-state index in [-0.39, 0.29) is 12.1 Å². The van der Waals surface area contributed by atoms with Gasteiger partial charge in [0.25, 0.3) is 0 Å². The second-order valence-electron chi connectivity index (χ2n) is 5.74. The van der Waals surface area contributed by atoms with Gasteiger partial charge in [0.1, 0.15) is 12.4 Å². The van der Waals surface area contributed by atoms with E-state index in [0.29, 0.717) is 24.3 Å². The average Bonchev–Trinajstić information content (AvgIpc) is 2.53. The van der Waals surface area contributed by atoms with Crippen LogP contribution in [0.1, 0.15) is 25.7 Å². The zero-order valence-corrected chi connectivity index (χ0v) is 13.4.